The summed E-state index contributed by atoms with van der Waals surface area (Å²) in [6, 6.07) is 4.42. The fraction of sp³-hybridized carbons (Fsp3) is 0.643. The second kappa shape index (κ2) is 5.02. The van der Waals surface area contributed by atoms with Crippen molar-refractivity contribution < 1.29 is 9.90 Å². The maximum Gasteiger partial charge on any atom is 0.308 e. The van der Waals surface area contributed by atoms with Gasteiger partial charge in [-0.15, -0.1) is 11.3 Å². The summed E-state index contributed by atoms with van der Waals surface area (Å²) >= 11 is 1.77. The first kappa shape index (κ1) is 12.2. The molecule has 0 saturated heterocycles. The van der Waals surface area contributed by atoms with Gasteiger partial charge in [0.15, 0.2) is 0 Å². The van der Waals surface area contributed by atoms with Crippen molar-refractivity contribution in [3.63, 3.8) is 0 Å². The van der Waals surface area contributed by atoms with E-state index in [0.29, 0.717) is 11.8 Å². The van der Waals surface area contributed by atoms with Gasteiger partial charge in [-0.2, -0.15) is 0 Å². The largest absolute Gasteiger partial charge is 0.481 e. The van der Waals surface area contributed by atoms with Crippen LogP contribution >= 0.6 is 11.3 Å². The van der Waals surface area contributed by atoms with Crippen LogP contribution in [0.15, 0.2) is 17.5 Å². The van der Waals surface area contributed by atoms with Crippen molar-refractivity contribution in [1.82, 2.24) is 5.32 Å². The third-order valence-corrected chi connectivity index (χ3v) is 5.47. The van der Waals surface area contributed by atoms with Crippen molar-refractivity contribution >= 4 is 17.3 Å². The second-order valence-corrected chi connectivity index (χ2v) is 6.54. The number of hydrogen-bond acceptors (Lipinski definition) is 3. The average molecular weight is 265 g/mol. The van der Waals surface area contributed by atoms with Gasteiger partial charge in [-0.1, -0.05) is 6.07 Å². The summed E-state index contributed by atoms with van der Waals surface area (Å²) in [7, 11) is 0. The lowest BCUT2D eigenvalue weighted by molar-refractivity contribution is -0.144. The highest BCUT2D eigenvalue weighted by atomic mass is 32.1. The topological polar surface area (TPSA) is 49.3 Å². The lowest BCUT2D eigenvalue weighted by Gasteiger charge is -2.29. The van der Waals surface area contributed by atoms with Crippen molar-refractivity contribution in [2.24, 2.45) is 17.8 Å². The third kappa shape index (κ3) is 2.19. The lowest BCUT2D eigenvalue weighted by Crippen LogP contribution is -2.44. The molecule has 98 valence electrons. The highest BCUT2D eigenvalue weighted by molar-refractivity contribution is 7.09. The predicted octanol–water partition coefficient (Wildman–Crippen LogP) is 2.38. The quantitative estimate of drug-likeness (QED) is 0.859. The summed E-state index contributed by atoms with van der Waals surface area (Å²) in [5.74, 6) is 0.272. The predicted molar refractivity (Wildman–Crippen MR) is 71.8 cm³/mol. The van der Waals surface area contributed by atoms with E-state index < -0.39 is 5.97 Å². The zero-order valence-corrected chi connectivity index (χ0v) is 11.2. The summed E-state index contributed by atoms with van der Waals surface area (Å²) < 4.78 is 0. The Labute approximate surface area is 111 Å². The first-order valence-electron chi connectivity index (χ1n) is 6.74. The molecule has 1 aromatic rings. The number of hydrogen-bond donors (Lipinski definition) is 2. The molecule has 3 rings (SSSR count). The van der Waals surface area contributed by atoms with Gasteiger partial charge in [0.2, 0.25) is 0 Å². The summed E-state index contributed by atoms with van der Waals surface area (Å²) in [5.41, 5.74) is 0. The molecule has 1 aromatic heterocycles. The van der Waals surface area contributed by atoms with Gasteiger partial charge < -0.3 is 10.4 Å². The molecule has 2 saturated carbocycles. The van der Waals surface area contributed by atoms with Crippen LogP contribution < -0.4 is 5.32 Å². The molecule has 0 amide bonds. The van der Waals surface area contributed by atoms with Gasteiger partial charge in [0.05, 0.1) is 5.92 Å². The highest BCUT2D eigenvalue weighted by Crippen LogP contribution is 2.48. The van der Waals surface area contributed by atoms with Crippen molar-refractivity contribution in [3.05, 3.63) is 22.4 Å². The Balaban J connectivity index is 1.56. The minimum atomic E-state index is -0.601. The van der Waals surface area contributed by atoms with Crippen LogP contribution in [0, 0.1) is 17.8 Å². The fourth-order valence-electron chi connectivity index (χ4n) is 3.76. The molecule has 1 heterocycles. The van der Waals surface area contributed by atoms with E-state index in [2.05, 4.69) is 22.8 Å². The van der Waals surface area contributed by atoms with Crippen molar-refractivity contribution in [2.75, 3.05) is 6.54 Å². The zero-order chi connectivity index (χ0) is 12.5. The molecular weight excluding hydrogens is 246 g/mol. The highest BCUT2D eigenvalue weighted by Gasteiger charge is 2.50. The molecular formula is C14H19NO2S. The van der Waals surface area contributed by atoms with Crippen LogP contribution in [0.1, 0.15) is 24.1 Å². The number of nitrogens with one attached hydrogen (secondary N) is 1. The first-order chi connectivity index (χ1) is 8.75. The van der Waals surface area contributed by atoms with Gasteiger partial charge in [-0.25, -0.2) is 0 Å². The SMILES string of the molecule is O=C(O)C1C2CCC(C2)C1NCCc1cccs1. The Bertz CT molecular complexity index is 417. The Morgan fingerprint density at radius 3 is 3.00 bits per heavy atom. The van der Waals surface area contributed by atoms with E-state index in [1.165, 1.54) is 11.3 Å². The molecule has 0 aliphatic heterocycles. The fourth-order valence-corrected chi connectivity index (χ4v) is 4.47. The van der Waals surface area contributed by atoms with Crippen LogP contribution in [0.2, 0.25) is 0 Å². The summed E-state index contributed by atoms with van der Waals surface area (Å²) in [6.45, 7) is 0.901. The number of thiophene rings is 1. The maximum absolute atomic E-state index is 11.4. The molecule has 0 radical (unpaired) electrons. The standard InChI is InChI=1S/C14H19NO2S/c16-14(17)12-9-3-4-10(8-9)13(12)15-6-5-11-2-1-7-18-11/h1-2,7,9-10,12-13,15H,3-6,8H2,(H,16,17). The van der Waals surface area contributed by atoms with Crippen LogP contribution in [0.4, 0.5) is 0 Å². The number of carbonyl (C=O) groups is 1. The van der Waals surface area contributed by atoms with E-state index in [-0.39, 0.29) is 12.0 Å². The lowest BCUT2D eigenvalue weighted by atomic mass is 9.84. The molecule has 18 heavy (non-hydrogen) atoms. The minimum Gasteiger partial charge on any atom is -0.481 e. The van der Waals surface area contributed by atoms with Gasteiger partial charge in [0.25, 0.3) is 0 Å². The van der Waals surface area contributed by atoms with Crippen LogP contribution in [0.25, 0.3) is 0 Å². The Morgan fingerprint density at radius 1 is 1.44 bits per heavy atom. The molecule has 2 aliphatic rings. The second-order valence-electron chi connectivity index (χ2n) is 5.51. The molecule has 2 fully saturated rings. The van der Waals surface area contributed by atoms with E-state index in [9.17, 15) is 9.90 Å². The maximum atomic E-state index is 11.4. The van der Waals surface area contributed by atoms with E-state index >= 15 is 0 Å². The van der Waals surface area contributed by atoms with Crippen molar-refractivity contribution in [2.45, 2.75) is 31.7 Å². The summed E-state index contributed by atoms with van der Waals surface area (Å²) in [5, 5.41) is 14.9. The molecule has 4 unspecified atom stereocenters. The van der Waals surface area contributed by atoms with Crippen LogP contribution in [0.5, 0.6) is 0 Å². The van der Waals surface area contributed by atoms with Crippen LogP contribution in [0.3, 0.4) is 0 Å². The van der Waals surface area contributed by atoms with E-state index in [0.717, 1.165) is 25.8 Å². The molecule has 0 spiro atoms. The van der Waals surface area contributed by atoms with Gasteiger partial charge in [0, 0.05) is 17.5 Å². The monoisotopic (exact) mass is 265 g/mol. The summed E-state index contributed by atoms with van der Waals surface area (Å²) in [6.07, 6.45) is 4.46. The number of fused-ring (bicyclic) bond motifs is 2. The number of rotatable bonds is 5. The molecule has 2 N–H and O–H groups in total. The van der Waals surface area contributed by atoms with E-state index in [4.69, 9.17) is 0 Å². The Hall–Kier alpha value is -0.870. The third-order valence-electron chi connectivity index (χ3n) is 4.53. The molecule has 0 aromatic carbocycles. The smallest absolute Gasteiger partial charge is 0.308 e. The molecule has 3 nitrogen and oxygen atoms in total. The number of carboxylic acids is 1. The first-order valence-corrected chi connectivity index (χ1v) is 7.62. The van der Waals surface area contributed by atoms with Crippen LogP contribution in [-0.2, 0) is 11.2 Å². The van der Waals surface area contributed by atoms with E-state index in [1.54, 1.807) is 11.3 Å². The van der Waals surface area contributed by atoms with E-state index in [1.807, 2.05) is 0 Å². The van der Waals surface area contributed by atoms with Gasteiger partial charge in [-0.05, 0) is 49.0 Å². The number of aliphatic carboxylic acids is 1. The Morgan fingerprint density at radius 2 is 2.28 bits per heavy atom. The molecule has 4 atom stereocenters. The molecule has 2 bridgehead atoms. The van der Waals surface area contributed by atoms with Gasteiger partial charge in [0.1, 0.15) is 0 Å². The van der Waals surface area contributed by atoms with Crippen LogP contribution in [-0.4, -0.2) is 23.7 Å². The zero-order valence-electron chi connectivity index (χ0n) is 10.3. The van der Waals surface area contributed by atoms with Crippen molar-refractivity contribution in [3.8, 4) is 0 Å². The normalized spacial score (nSPS) is 34.0. The number of carboxylic acid groups (broad SMARTS) is 1. The average Bonchev–Trinajstić information content (AvgIpc) is 3.04. The van der Waals surface area contributed by atoms with Crippen molar-refractivity contribution in [1.29, 1.82) is 0 Å². The molecule has 4 heteroatoms. The summed E-state index contributed by atoms with van der Waals surface area (Å²) in [4.78, 5) is 12.7. The van der Waals surface area contributed by atoms with Gasteiger partial charge >= 0.3 is 5.97 Å². The Kier molecular flexibility index (Phi) is 3.39. The minimum absolute atomic E-state index is 0.146. The van der Waals surface area contributed by atoms with Gasteiger partial charge in [-0.3, -0.25) is 4.79 Å². The molecule has 2 aliphatic carbocycles.